The highest BCUT2D eigenvalue weighted by atomic mass is 19.1. The van der Waals surface area contributed by atoms with Crippen molar-refractivity contribution in [3.63, 3.8) is 0 Å². The van der Waals surface area contributed by atoms with Crippen molar-refractivity contribution in [1.29, 1.82) is 0 Å². The number of rotatable bonds is 3. The number of fused-ring (bicyclic) bond motifs is 1. The molecule has 1 aliphatic rings. The van der Waals surface area contributed by atoms with Crippen LogP contribution >= 0.6 is 0 Å². The van der Waals surface area contributed by atoms with Gasteiger partial charge in [-0.1, -0.05) is 12.1 Å². The van der Waals surface area contributed by atoms with E-state index in [1.165, 1.54) is 17.7 Å². The highest BCUT2D eigenvalue weighted by Crippen LogP contribution is 2.26. The molecule has 0 aliphatic heterocycles. The molecule has 116 valence electrons. The number of hydrogen-bond acceptors (Lipinski definition) is 2. The summed E-state index contributed by atoms with van der Waals surface area (Å²) in [6.07, 6.45) is 3.02. The van der Waals surface area contributed by atoms with E-state index in [9.17, 15) is 9.18 Å². The number of nitrogens with two attached hydrogens (primary N) is 1. The van der Waals surface area contributed by atoms with Crippen LogP contribution in [0.1, 0.15) is 54.7 Å². The van der Waals surface area contributed by atoms with E-state index < -0.39 is 6.04 Å². The van der Waals surface area contributed by atoms with Crippen LogP contribution < -0.4 is 11.3 Å². The van der Waals surface area contributed by atoms with Gasteiger partial charge in [0.1, 0.15) is 5.82 Å². The van der Waals surface area contributed by atoms with Crippen LogP contribution in [0.2, 0.25) is 0 Å². The number of aromatic nitrogens is 1. The van der Waals surface area contributed by atoms with Crippen LogP contribution in [0.5, 0.6) is 0 Å². The first-order valence-corrected chi connectivity index (χ1v) is 7.77. The van der Waals surface area contributed by atoms with Crippen molar-refractivity contribution < 1.29 is 4.39 Å². The minimum absolute atomic E-state index is 0.0209. The predicted molar refractivity (Wildman–Crippen MR) is 85.5 cm³/mol. The van der Waals surface area contributed by atoms with Crippen LogP contribution in [0.25, 0.3) is 0 Å². The number of benzene rings is 1. The predicted octanol–water partition coefficient (Wildman–Crippen LogP) is 3.11. The van der Waals surface area contributed by atoms with Gasteiger partial charge in [-0.3, -0.25) is 4.79 Å². The molecule has 22 heavy (non-hydrogen) atoms. The Kier molecular flexibility index (Phi) is 3.87. The van der Waals surface area contributed by atoms with Crippen molar-refractivity contribution in [2.75, 3.05) is 0 Å². The lowest BCUT2D eigenvalue weighted by Gasteiger charge is -2.20. The van der Waals surface area contributed by atoms with E-state index in [4.69, 9.17) is 5.73 Å². The molecule has 2 N–H and O–H groups in total. The molecule has 1 atom stereocenters. The van der Waals surface area contributed by atoms with Gasteiger partial charge < -0.3 is 10.3 Å². The maximum atomic E-state index is 13.1. The Bertz CT molecular complexity index is 747. The quantitative estimate of drug-likeness (QED) is 0.947. The molecule has 0 amide bonds. The molecular weight excluding hydrogens is 279 g/mol. The lowest BCUT2D eigenvalue weighted by Crippen LogP contribution is -2.32. The Morgan fingerprint density at radius 1 is 1.18 bits per heavy atom. The lowest BCUT2D eigenvalue weighted by atomic mass is 9.98. The minimum Gasteiger partial charge on any atom is -0.320 e. The molecule has 0 fully saturated rings. The summed E-state index contributed by atoms with van der Waals surface area (Å²) in [4.78, 5) is 12.9. The van der Waals surface area contributed by atoms with Crippen molar-refractivity contribution >= 4 is 0 Å². The molecule has 1 unspecified atom stereocenters. The maximum absolute atomic E-state index is 13.1. The normalized spacial score (nSPS) is 15.1. The summed E-state index contributed by atoms with van der Waals surface area (Å²) in [7, 11) is 0. The van der Waals surface area contributed by atoms with Crippen molar-refractivity contribution in [3.8, 4) is 0 Å². The van der Waals surface area contributed by atoms with Gasteiger partial charge in [0, 0.05) is 17.3 Å². The van der Waals surface area contributed by atoms with Crippen LogP contribution in [-0.2, 0) is 12.8 Å². The first-order chi connectivity index (χ1) is 10.5. The number of aryl methyl sites for hydroxylation is 1. The SMILES string of the molecule is CC(C)n1c2c(cc(C(N)c3ccc(F)cc3)c1=O)CCC2. The van der Waals surface area contributed by atoms with Crippen LogP contribution in [0.15, 0.2) is 35.1 Å². The van der Waals surface area contributed by atoms with Crippen molar-refractivity contribution in [2.24, 2.45) is 5.73 Å². The molecule has 0 spiro atoms. The molecule has 4 heteroatoms. The van der Waals surface area contributed by atoms with Gasteiger partial charge in [-0.25, -0.2) is 4.39 Å². The highest BCUT2D eigenvalue weighted by molar-refractivity contribution is 5.37. The van der Waals surface area contributed by atoms with Crippen molar-refractivity contribution in [1.82, 2.24) is 4.57 Å². The fourth-order valence-corrected chi connectivity index (χ4v) is 3.31. The Labute approximate surface area is 129 Å². The van der Waals surface area contributed by atoms with Crippen LogP contribution in [0, 0.1) is 5.82 Å². The van der Waals surface area contributed by atoms with Gasteiger partial charge in [0.25, 0.3) is 5.56 Å². The van der Waals surface area contributed by atoms with E-state index in [-0.39, 0.29) is 17.4 Å². The Morgan fingerprint density at radius 2 is 1.86 bits per heavy atom. The smallest absolute Gasteiger partial charge is 0.256 e. The summed E-state index contributed by atoms with van der Waals surface area (Å²) < 4.78 is 15.0. The zero-order valence-corrected chi connectivity index (χ0v) is 13.0. The molecule has 3 rings (SSSR count). The second-order valence-corrected chi connectivity index (χ2v) is 6.22. The van der Waals surface area contributed by atoms with Gasteiger partial charge in [-0.2, -0.15) is 0 Å². The largest absolute Gasteiger partial charge is 0.320 e. The Balaban J connectivity index is 2.13. The zero-order valence-electron chi connectivity index (χ0n) is 13.0. The van der Waals surface area contributed by atoms with E-state index in [1.54, 1.807) is 12.1 Å². The van der Waals surface area contributed by atoms with Crippen LogP contribution in [0.4, 0.5) is 4.39 Å². The summed E-state index contributed by atoms with van der Waals surface area (Å²) in [6.45, 7) is 4.04. The summed E-state index contributed by atoms with van der Waals surface area (Å²) in [5.41, 5.74) is 10.00. The molecular formula is C18H21FN2O. The van der Waals surface area contributed by atoms with Gasteiger partial charge in [0.15, 0.2) is 0 Å². The van der Waals surface area contributed by atoms with Gasteiger partial charge in [-0.15, -0.1) is 0 Å². The maximum Gasteiger partial charge on any atom is 0.256 e. The molecule has 1 aliphatic carbocycles. The van der Waals surface area contributed by atoms with Gasteiger partial charge in [0.05, 0.1) is 6.04 Å². The fourth-order valence-electron chi connectivity index (χ4n) is 3.31. The Morgan fingerprint density at radius 3 is 2.50 bits per heavy atom. The second-order valence-electron chi connectivity index (χ2n) is 6.22. The average molecular weight is 300 g/mol. The Hall–Kier alpha value is -1.94. The third kappa shape index (κ3) is 2.48. The van der Waals surface area contributed by atoms with E-state index in [0.717, 1.165) is 30.5 Å². The van der Waals surface area contributed by atoms with E-state index in [0.29, 0.717) is 5.56 Å². The molecule has 0 radical (unpaired) electrons. The highest BCUT2D eigenvalue weighted by Gasteiger charge is 2.23. The number of nitrogens with zero attached hydrogens (tertiary/aromatic N) is 1. The number of hydrogen-bond donors (Lipinski definition) is 1. The topological polar surface area (TPSA) is 48.0 Å². The van der Waals surface area contributed by atoms with Crippen LogP contribution in [0.3, 0.4) is 0 Å². The van der Waals surface area contributed by atoms with E-state index in [2.05, 4.69) is 0 Å². The van der Waals surface area contributed by atoms with E-state index >= 15 is 0 Å². The standard InChI is InChI=1S/C18H21FN2O/c1-11(2)21-16-5-3-4-13(16)10-15(18(21)22)17(20)12-6-8-14(19)9-7-12/h6-11,17H,3-5,20H2,1-2H3. The molecule has 2 aromatic rings. The molecule has 1 aromatic carbocycles. The van der Waals surface area contributed by atoms with Crippen molar-refractivity contribution in [3.05, 3.63) is 68.9 Å². The van der Waals surface area contributed by atoms with Gasteiger partial charge >= 0.3 is 0 Å². The lowest BCUT2D eigenvalue weighted by molar-refractivity contribution is 0.546. The number of halogens is 1. The van der Waals surface area contributed by atoms with Gasteiger partial charge in [0.2, 0.25) is 0 Å². The minimum atomic E-state index is -0.524. The average Bonchev–Trinajstić information content (AvgIpc) is 2.94. The van der Waals surface area contributed by atoms with Crippen LogP contribution in [-0.4, -0.2) is 4.57 Å². The first kappa shape index (κ1) is 15.0. The second kappa shape index (κ2) is 5.69. The summed E-state index contributed by atoms with van der Waals surface area (Å²) in [6, 6.07) is 7.59. The third-order valence-electron chi connectivity index (χ3n) is 4.40. The molecule has 0 saturated heterocycles. The van der Waals surface area contributed by atoms with Crippen molar-refractivity contribution in [2.45, 2.75) is 45.2 Å². The summed E-state index contributed by atoms with van der Waals surface area (Å²) >= 11 is 0. The fraction of sp³-hybridized carbons (Fsp3) is 0.389. The zero-order chi connectivity index (χ0) is 15.9. The number of pyridine rings is 1. The molecule has 1 aromatic heterocycles. The molecule has 0 saturated carbocycles. The third-order valence-corrected chi connectivity index (χ3v) is 4.40. The summed E-state index contributed by atoms with van der Waals surface area (Å²) in [5, 5.41) is 0. The van der Waals surface area contributed by atoms with E-state index in [1.807, 2.05) is 24.5 Å². The molecule has 1 heterocycles. The molecule has 3 nitrogen and oxygen atoms in total. The van der Waals surface area contributed by atoms with Gasteiger partial charge in [-0.05, 0) is 62.4 Å². The molecule has 0 bridgehead atoms. The monoisotopic (exact) mass is 300 g/mol. The first-order valence-electron chi connectivity index (χ1n) is 7.77. The summed E-state index contributed by atoms with van der Waals surface area (Å²) in [5.74, 6) is -0.301.